The van der Waals surface area contributed by atoms with Crippen LogP contribution in [0.5, 0.6) is 0 Å². The molecular formula is C11H11F7N2. The van der Waals surface area contributed by atoms with E-state index < -0.39 is 53.9 Å². The lowest BCUT2D eigenvalue weighted by Crippen LogP contribution is -2.33. The van der Waals surface area contributed by atoms with E-state index >= 15 is 0 Å². The van der Waals surface area contributed by atoms with Crippen LogP contribution in [0.25, 0.3) is 0 Å². The average Bonchev–Trinajstić information content (AvgIpc) is 2.66. The zero-order chi connectivity index (χ0) is 15.5. The Morgan fingerprint density at radius 2 is 1.55 bits per heavy atom. The number of halogens is 7. The number of rotatable bonds is 1. The van der Waals surface area contributed by atoms with Gasteiger partial charge < -0.3 is 0 Å². The lowest BCUT2D eigenvalue weighted by Gasteiger charge is -2.30. The van der Waals surface area contributed by atoms with Gasteiger partial charge in [0.05, 0.1) is 5.56 Å². The molecular weight excluding hydrogens is 293 g/mol. The molecule has 0 amide bonds. The lowest BCUT2D eigenvalue weighted by atomic mass is 9.89. The Bertz CT molecular complexity index is 528. The predicted octanol–water partition coefficient (Wildman–Crippen LogP) is 4.46. The fourth-order valence-electron chi connectivity index (χ4n) is 2.26. The molecule has 2 rings (SSSR count). The van der Waals surface area contributed by atoms with Crippen molar-refractivity contribution in [3.8, 4) is 0 Å². The van der Waals surface area contributed by atoms with Gasteiger partial charge >= 0.3 is 6.18 Å². The molecule has 9 heteroatoms. The van der Waals surface area contributed by atoms with Crippen molar-refractivity contribution in [3.63, 3.8) is 0 Å². The van der Waals surface area contributed by atoms with Crippen molar-refractivity contribution in [2.75, 3.05) is 0 Å². The first kappa shape index (κ1) is 15.1. The second-order valence-corrected chi connectivity index (χ2v) is 5.02. The molecule has 0 radical (unpaired) electrons. The van der Waals surface area contributed by atoms with Crippen molar-refractivity contribution in [2.24, 2.45) is 0 Å². The number of nitrogens with zero attached hydrogens (tertiary/aromatic N) is 2. The Hall–Kier alpha value is -1.28. The first-order valence-corrected chi connectivity index (χ1v) is 5.84. The van der Waals surface area contributed by atoms with Crippen LogP contribution in [0.1, 0.15) is 49.7 Å². The molecule has 0 fully saturated rings. The molecule has 1 heterocycles. The molecule has 0 aliphatic heterocycles. The van der Waals surface area contributed by atoms with E-state index in [0.29, 0.717) is 4.68 Å². The van der Waals surface area contributed by atoms with Gasteiger partial charge in [0, 0.05) is 18.9 Å². The summed E-state index contributed by atoms with van der Waals surface area (Å²) < 4.78 is 93.8. The van der Waals surface area contributed by atoms with Crippen LogP contribution in [0.2, 0.25) is 0 Å². The number of hydrogen-bond donors (Lipinski definition) is 0. The topological polar surface area (TPSA) is 17.8 Å². The van der Waals surface area contributed by atoms with Crippen LogP contribution in [0, 0.1) is 0 Å². The van der Waals surface area contributed by atoms with Gasteiger partial charge in [-0.3, -0.25) is 4.68 Å². The van der Waals surface area contributed by atoms with Crippen molar-refractivity contribution >= 4 is 0 Å². The molecule has 0 atom stereocenters. The van der Waals surface area contributed by atoms with Crippen molar-refractivity contribution in [1.82, 2.24) is 9.78 Å². The molecule has 0 saturated heterocycles. The van der Waals surface area contributed by atoms with E-state index in [4.69, 9.17) is 0 Å². The van der Waals surface area contributed by atoms with Crippen LogP contribution in [-0.4, -0.2) is 9.78 Å². The van der Waals surface area contributed by atoms with Crippen LogP contribution in [0.15, 0.2) is 0 Å². The Labute approximate surface area is 109 Å². The highest BCUT2D eigenvalue weighted by Gasteiger charge is 2.57. The highest BCUT2D eigenvalue weighted by atomic mass is 19.4. The number of fused-ring (bicyclic) bond motifs is 1. The van der Waals surface area contributed by atoms with Crippen LogP contribution in [0.3, 0.4) is 0 Å². The van der Waals surface area contributed by atoms with E-state index in [1.807, 2.05) is 0 Å². The van der Waals surface area contributed by atoms with Crippen molar-refractivity contribution in [2.45, 2.75) is 50.8 Å². The minimum atomic E-state index is -5.21. The Morgan fingerprint density at radius 1 is 1.05 bits per heavy atom. The highest BCUT2D eigenvalue weighted by molar-refractivity contribution is 5.38. The maximum Gasteiger partial charge on any atom is 0.435 e. The van der Waals surface area contributed by atoms with Crippen LogP contribution in [-0.2, 0) is 18.0 Å². The first-order chi connectivity index (χ1) is 8.88. The van der Waals surface area contributed by atoms with Gasteiger partial charge in [0.25, 0.3) is 11.8 Å². The van der Waals surface area contributed by atoms with E-state index in [9.17, 15) is 30.7 Å². The third-order valence-corrected chi connectivity index (χ3v) is 3.13. The standard InChI is InChI=1S/C11H11F7N2/c1-5(2)20-8-6(7(19-20)11(16,17)18)9(12,13)3-4-10(8,14)15/h5H,3-4H2,1-2H3. The summed E-state index contributed by atoms with van der Waals surface area (Å²) >= 11 is 0. The molecule has 0 unspecified atom stereocenters. The van der Waals surface area contributed by atoms with Crippen LogP contribution in [0.4, 0.5) is 30.7 Å². The Morgan fingerprint density at radius 3 is 2.00 bits per heavy atom. The first-order valence-electron chi connectivity index (χ1n) is 5.84. The van der Waals surface area contributed by atoms with Crippen molar-refractivity contribution in [1.29, 1.82) is 0 Å². The van der Waals surface area contributed by atoms with E-state index in [1.54, 1.807) is 0 Å². The molecule has 0 aromatic carbocycles. The average molecular weight is 304 g/mol. The summed E-state index contributed by atoms with van der Waals surface area (Å²) in [5.41, 5.74) is -4.93. The van der Waals surface area contributed by atoms with Gasteiger partial charge in [-0.1, -0.05) is 0 Å². The molecule has 1 aromatic rings. The van der Waals surface area contributed by atoms with Gasteiger partial charge in [0.15, 0.2) is 5.69 Å². The van der Waals surface area contributed by atoms with E-state index in [-0.39, 0.29) is 0 Å². The van der Waals surface area contributed by atoms with Crippen LogP contribution < -0.4 is 0 Å². The lowest BCUT2D eigenvalue weighted by molar-refractivity contribution is -0.149. The minimum absolute atomic E-state index is 0.352. The molecule has 1 aliphatic rings. The monoisotopic (exact) mass is 304 g/mol. The summed E-state index contributed by atoms with van der Waals surface area (Å²) in [6.07, 6.45) is -7.75. The van der Waals surface area contributed by atoms with Crippen molar-refractivity contribution in [3.05, 3.63) is 17.0 Å². The third-order valence-electron chi connectivity index (χ3n) is 3.13. The molecule has 20 heavy (non-hydrogen) atoms. The fraction of sp³-hybridized carbons (Fsp3) is 0.727. The summed E-state index contributed by atoms with van der Waals surface area (Å²) in [6.45, 7) is 2.60. The second kappa shape index (κ2) is 4.11. The smallest absolute Gasteiger partial charge is 0.260 e. The van der Waals surface area contributed by atoms with Gasteiger partial charge in [-0.05, 0) is 13.8 Å². The van der Waals surface area contributed by atoms with E-state index in [1.165, 1.54) is 13.8 Å². The fourth-order valence-corrected chi connectivity index (χ4v) is 2.26. The van der Waals surface area contributed by atoms with Crippen molar-refractivity contribution < 1.29 is 30.7 Å². The maximum atomic E-state index is 13.8. The Balaban J connectivity index is 2.84. The zero-order valence-corrected chi connectivity index (χ0v) is 10.5. The normalized spacial score (nSPS) is 21.1. The summed E-state index contributed by atoms with van der Waals surface area (Å²) in [7, 11) is 0. The zero-order valence-electron chi connectivity index (χ0n) is 10.5. The molecule has 114 valence electrons. The Kier molecular flexibility index (Phi) is 3.11. The number of alkyl halides is 7. The van der Waals surface area contributed by atoms with Gasteiger partial charge in [-0.2, -0.15) is 27.1 Å². The SMILES string of the molecule is CC(C)n1nc(C(F)(F)F)c2c1C(F)(F)CCC2(F)F. The molecule has 0 spiro atoms. The van der Waals surface area contributed by atoms with Gasteiger partial charge in [0.2, 0.25) is 0 Å². The molecule has 1 aliphatic carbocycles. The summed E-state index contributed by atoms with van der Waals surface area (Å²) in [6, 6.07) is -0.889. The second-order valence-electron chi connectivity index (χ2n) is 5.02. The molecule has 0 N–H and O–H groups in total. The molecule has 0 bridgehead atoms. The van der Waals surface area contributed by atoms with Crippen LogP contribution >= 0.6 is 0 Å². The largest absolute Gasteiger partial charge is 0.435 e. The predicted molar refractivity (Wildman–Crippen MR) is 54.6 cm³/mol. The molecule has 1 aromatic heterocycles. The van der Waals surface area contributed by atoms with Gasteiger partial charge in [-0.15, -0.1) is 0 Å². The number of aromatic nitrogens is 2. The summed E-state index contributed by atoms with van der Waals surface area (Å²) in [5.74, 6) is -7.72. The van der Waals surface area contributed by atoms with Gasteiger partial charge in [-0.25, -0.2) is 8.78 Å². The minimum Gasteiger partial charge on any atom is -0.260 e. The number of hydrogen-bond acceptors (Lipinski definition) is 1. The molecule has 0 saturated carbocycles. The third kappa shape index (κ3) is 2.16. The highest BCUT2D eigenvalue weighted by Crippen LogP contribution is 2.53. The van der Waals surface area contributed by atoms with Gasteiger partial charge in [0.1, 0.15) is 5.69 Å². The summed E-state index contributed by atoms with van der Waals surface area (Å²) in [5, 5.41) is 2.99. The maximum absolute atomic E-state index is 13.8. The van der Waals surface area contributed by atoms with E-state index in [2.05, 4.69) is 5.10 Å². The quantitative estimate of drug-likeness (QED) is 0.700. The summed E-state index contributed by atoms with van der Waals surface area (Å²) in [4.78, 5) is 0. The molecule has 2 nitrogen and oxygen atoms in total. The van der Waals surface area contributed by atoms with E-state index in [0.717, 1.165) is 0 Å².